The van der Waals surface area contributed by atoms with Gasteiger partial charge in [-0.3, -0.25) is 14.3 Å². The Bertz CT molecular complexity index is 1210. The van der Waals surface area contributed by atoms with Crippen LogP contribution in [0.1, 0.15) is 41.5 Å². The minimum atomic E-state index is -1.33. The van der Waals surface area contributed by atoms with Gasteiger partial charge in [0.25, 0.3) is 5.69 Å². The molecule has 1 atom stereocenters. The Hall–Kier alpha value is -3.46. The van der Waals surface area contributed by atoms with Gasteiger partial charge >= 0.3 is 0 Å². The highest BCUT2D eigenvalue weighted by atomic mass is 32.2. The fourth-order valence-corrected chi connectivity index (χ4v) is 3.27. The lowest BCUT2D eigenvalue weighted by Gasteiger charge is -2.04. The molecule has 4 rings (SSSR count). The van der Waals surface area contributed by atoms with E-state index in [0.717, 1.165) is 5.52 Å². The van der Waals surface area contributed by atoms with E-state index in [4.69, 9.17) is 0 Å². The zero-order valence-corrected chi connectivity index (χ0v) is 21.0. The van der Waals surface area contributed by atoms with Gasteiger partial charge in [0.1, 0.15) is 5.69 Å². The largest absolute Gasteiger partial charge is 0.270 e. The normalized spacial score (nSPS) is 10.5. The third-order valence-corrected chi connectivity index (χ3v) is 4.73. The molecule has 0 bridgehead atoms. The lowest BCUT2D eigenvalue weighted by Crippen LogP contribution is -1.98. The van der Waals surface area contributed by atoms with Crippen LogP contribution in [0.15, 0.2) is 66.1 Å². The van der Waals surface area contributed by atoms with Crippen LogP contribution in [0.5, 0.6) is 0 Å². The number of rotatable bonds is 4. The van der Waals surface area contributed by atoms with Crippen LogP contribution in [0.2, 0.25) is 0 Å². The van der Waals surface area contributed by atoms with Crippen molar-refractivity contribution in [1.29, 1.82) is 0 Å². The second kappa shape index (κ2) is 13.8. The molecular formula is C24H31N5O3S. The van der Waals surface area contributed by atoms with Crippen molar-refractivity contribution in [3.63, 3.8) is 0 Å². The van der Waals surface area contributed by atoms with E-state index in [0.29, 0.717) is 22.5 Å². The first-order valence-corrected chi connectivity index (χ1v) is 12.5. The van der Waals surface area contributed by atoms with Crippen molar-refractivity contribution in [2.24, 2.45) is 0 Å². The summed E-state index contributed by atoms with van der Waals surface area (Å²) in [6.45, 7) is 12.0. The smallest absolute Gasteiger partial charge is 0.258 e. The summed E-state index contributed by atoms with van der Waals surface area (Å²) in [6, 6.07) is 13.6. The van der Waals surface area contributed by atoms with Gasteiger partial charge in [0, 0.05) is 36.3 Å². The van der Waals surface area contributed by atoms with Gasteiger partial charge in [-0.2, -0.15) is 5.10 Å². The molecule has 0 aliphatic rings. The summed E-state index contributed by atoms with van der Waals surface area (Å²) < 4.78 is 13.5. The molecule has 33 heavy (non-hydrogen) atoms. The van der Waals surface area contributed by atoms with E-state index >= 15 is 0 Å². The first-order valence-electron chi connectivity index (χ1n) is 10.9. The number of pyridine rings is 1. The number of fused-ring (bicyclic) bond motifs is 1. The summed E-state index contributed by atoms with van der Waals surface area (Å²) in [5.41, 5.74) is 3.17. The quantitative estimate of drug-likeness (QED) is 0.201. The molecule has 9 heteroatoms. The Balaban J connectivity index is 0.000000841. The molecule has 0 aliphatic carbocycles. The van der Waals surface area contributed by atoms with Gasteiger partial charge in [-0.15, -0.1) is 0 Å². The standard InChI is InChI=1S/C18H13N5O3S.3C2H6/c1-27(26)18-19-9-8-14(20-18)16-15-7-2-3-10-22(15)21-17(16)12-5-4-6-13(11-12)23(24)25;3*1-2/h2-11H,1H3;3*1-2H3. The number of hydrogen-bond acceptors (Lipinski definition) is 6. The minimum absolute atomic E-state index is 0.0199. The van der Waals surface area contributed by atoms with Crippen LogP contribution in [-0.4, -0.2) is 35.0 Å². The second-order valence-corrected chi connectivity index (χ2v) is 7.01. The molecule has 4 aromatic rings. The van der Waals surface area contributed by atoms with Gasteiger partial charge in [0.05, 0.1) is 32.5 Å². The van der Waals surface area contributed by atoms with Crippen molar-refractivity contribution >= 4 is 22.0 Å². The molecule has 1 aromatic carbocycles. The van der Waals surface area contributed by atoms with Crippen LogP contribution in [0, 0.1) is 10.1 Å². The number of aromatic nitrogens is 4. The molecule has 0 aliphatic heterocycles. The summed E-state index contributed by atoms with van der Waals surface area (Å²) in [4.78, 5) is 19.2. The Kier molecular flexibility index (Phi) is 11.6. The summed E-state index contributed by atoms with van der Waals surface area (Å²) in [7, 11) is -1.33. The molecule has 0 N–H and O–H groups in total. The maximum absolute atomic E-state index is 11.8. The molecule has 3 aromatic heterocycles. The Morgan fingerprint density at radius 2 is 1.67 bits per heavy atom. The molecule has 176 valence electrons. The predicted octanol–water partition coefficient (Wildman–Crippen LogP) is 6.18. The van der Waals surface area contributed by atoms with Crippen LogP contribution in [-0.2, 0) is 10.8 Å². The fourth-order valence-electron chi connectivity index (χ4n) is 2.84. The van der Waals surface area contributed by atoms with Crippen molar-refractivity contribution < 1.29 is 9.13 Å². The van der Waals surface area contributed by atoms with Crippen molar-refractivity contribution in [3.05, 3.63) is 71.0 Å². The molecule has 1 unspecified atom stereocenters. The van der Waals surface area contributed by atoms with E-state index in [2.05, 4.69) is 15.1 Å². The summed E-state index contributed by atoms with van der Waals surface area (Å²) >= 11 is 0. The Morgan fingerprint density at radius 1 is 0.970 bits per heavy atom. The molecule has 3 heterocycles. The Labute approximate surface area is 197 Å². The lowest BCUT2D eigenvalue weighted by molar-refractivity contribution is -0.384. The second-order valence-electron chi connectivity index (χ2n) is 5.74. The van der Waals surface area contributed by atoms with Crippen molar-refractivity contribution in [2.45, 2.75) is 46.7 Å². The molecule has 0 fully saturated rings. The third kappa shape index (κ3) is 6.52. The number of hydrogen-bond donors (Lipinski definition) is 0. The highest BCUT2D eigenvalue weighted by Crippen LogP contribution is 2.35. The highest BCUT2D eigenvalue weighted by molar-refractivity contribution is 7.84. The number of nitro benzene ring substituents is 1. The van der Waals surface area contributed by atoms with Crippen LogP contribution >= 0.6 is 0 Å². The zero-order valence-electron chi connectivity index (χ0n) is 20.1. The molecule has 0 saturated carbocycles. The van der Waals surface area contributed by atoms with E-state index in [-0.39, 0.29) is 10.8 Å². The van der Waals surface area contributed by atoms with Crippen LogP contribution in [0.4, 0.5) is 5.69 Å². The third-order valence-electron chi connectivity index (χ3n) is 4.02. The van der Waals surface area contributed by atoms with Gasteiger partial charge in [-0.25, -0.2) is 14.5 Å². The SMILES string of the molecule is CC.CC.CC.CS(=O)c1nccc(-c2c(-c3cccc([N+](=O)[O-])c3)nn3ccccc23)n1. The number of nitro groups is 1. The van der Waals surface area contributed by atoms with Crippen molar-refractivity contribution in [3.8, 4) is 22.5 Å². The van der Waals surface area contributed by atoms with Gasteiger partial charge < -0.3 is 0 Å². The maximum atomic E-state index is 11.8. The summed E-state index contributed by atoms with van der Waals surface area (Å²) in [5.74, 6) is 0. The first kappa shape index (κ1) is 27.6. The monoisotopic (exact) mass is 469 g/mol. The van der Waals surface area contributed by atoms with E-state index in [1.165, 1.54) is 18.4 Å². The van der Waals surface area contributed by atoms with Gasteiger partial charge in [0.15, 0.2) is 0 Å². The van der Waals surface area contributed by atoms with E-state index in [9.17, 15) is 14.3 Å². The molecule has 0 radical (unpaired) electrons. The van der Waals surface area contributed by atoms with Gasteiger partial charge in [0.2, 0.25) is 5.16 Å². The minimum Gasteiger partial charge on any atom is -0.258 e. The van der Waals surface area contributed by atoms with Crippen molar-refractivity contribution in [2.75, 3.05) is 6.26 Å². The van der Waals surface area contributed by atoms with E-state index < -0.39 is 15.7 Å². The average molecular weight is 470 g/mol. The molecule has 8 nitrogen and oxygen atoms in total. The average Bonchev–Trinajstić information content (AvgIpc) is 3.27. The lowest BCUT2D eigenvalue weighted by atomic mass is 10.0. The maximum Gasteiger partial charge on any atom is 0.270 e. The molecule has 0 saturated heterocycles. The van der Waals surface area contributed by atoms with Crippen LogP contribution in [0.3, 0.4) is 0 Å². The van der Waals surface area contributed by atoms with E-state index in [1.807, 2.05) is 59.7 Å². The summed E-state index contributed by atoms with van der Waals surface area (Å²) in [5, 5.41) is 16.0. The number of nitrogens with zero attached hydrogens (tertiary/aromatic N) is 5. The van der Waals surface area contributed by atoms with E-state index in [1.54, 1.807) is 35.1 Å². The van der Waals surface area contributed by atoms with Crippen LogP contribution < -0.4 is 0 Å². The number of benzene rings is 1. The van der Waals surface area contributed by atoms with Crippen molar-refractivity contribution in [1.82, 2.24) is 19.6 Å². The predicted molar refractivity (Wildman–Crippen MR) is 135 cm³/mol. The molecular weight excluding hydrogens is 438 g/mol. The van der Waals surface area contributed by atoms with Gasteiger partial charge in [-0.05, 0) is 18.2 Å². The summed E-state index contributed by atoms with van der Waals surface area (Å²) in [6.07, 6.45) is 4.85. The zero-order chi connectivity index (χ0) is 25.0. The first-order chi connectivity index (χ1) is 16.0. The highest BCUT2D eigenvalue weighted by Gasteiger charge is 2.20. The van der Waals surface area contributed by atoms with Crippen LogP contribution in [0.25, 0.3) is 28.0 Å². The molecule has 0 spiro atoms. The fraction of sp³-hybridized carbons (Fsp3) is 0.292. The number of non-ortho nitro benzene ring substituents is 1. The topological polar surface area (TPSA) is 103 Å². The molecule has 0 amide bonds. The Morgan fingerprint density at radius 3 is 2.30 bits per heavy atom. The van der Waals surface area contributed by atoms with Gasteiger partial charge in [-0.1, -0.05) is 59.7 Å².